The first-order chi connectivity index (χ1) is 9.70. The third kappa shape index (κ3) is 2.60. The van der Waals surface area contributed by atoms with Crippen molar-refractivity contribution in [2.75, 3.05) is 6.54 Å². The normalized spacial score (nSPS) is 18.1. The Hall–Kier alpha value is -0.610. The molecule has 1 aromatic heterocycles. The number of halogens is 2. The minimum Gasteiger partial charge on any atom is -0.309 e. The molecule has 2 nitrogen and oxygen atoms in total. The van der Waals surface area contributed by atoms with Gasteiger partial charge in [-0.05, 0) is 37.9 Å². The minimum absolute atomic E-state index is 0.427. The lowest BCUT2D eigenvalue weighted by molar-refractivity contribution is 0.476. The Morgan fingerprint density at radius 1 is 1.35 bits per heavy atom. The van der Waals surface area contributed by atoms with Crippen LogP contribution in [0.2, 0.25) is 10.0 Å². The lowest BCUT2D eigenvalue weighted by Gasteiger charge is -2.21. The molecule has 0 radical (unpaired) electrons. The zero-order chi connectivity index (χ0) is 14.1. The van der Waals surface area contributed by atoms with E-state index in [-0.39, 0.29) is 0 Å². The fraction of sp³-hybridized carbons (Fsp3) is 0.400. The van der Waals surface area contributed by atoms with E-state index in [1.165, 1.54) is 23.4 Å². The summed E-state index contributed by atoms with van der Waals surface area (Å²) in [6.45, 7) is 3.12. The Balaban J connectivity index is 2.05. The van der Waals surface area contributed by atoms with Crippen molar-refractivity contribution in [3.63, 3.8) is 0 Å². The average Bonchev–Trinajstić information content (AvgIpc) is 2.83. The first-order valence-corrected chi connectivity index (χ1v) is 8.45. The van der Waals surface area contributed by atoms with Gasteiger partial charge in [0, 0.05) is 16.5 Å². The van der Waals surface area contributed by atoms with Gasteiger partial charge in [0.05, 0.1) is 15.7 Å². The summed E-state index contributed by atoms with van der Waals surface area (Å²) in [5, 5.41) is 5.82. The van der Waals surface area contributed by atoms with Crippen LogP contribution in [-0.4, -0.2) is 11.5 Å². The highest BCUT2D eigenvalue weighted by Gasteiger charge is 2.25. The molecule has 3 rings (SSSR count). The maximum Gasteiger partial charge on any atom is 0.126 e. The number of rotatable bonds is 3. The quantitative estimate of drug-likeness (QED) is 0.848. The van der Waals surface area contributed by atoms with Crippen molar-refractivity contribution in [2.45, 2.75) is 32.2 Å². The summed E-state index contributed by atoms with van der Waals surface area (Å²) in [4.78, 5) is 6.14. The van der Waals surface area contributed by atoms with Gasteiger partial charge in [0.15, 0.2) is 0 Å². The molecular weight excluding hydrogens is 311 g/mol. The summed E-state index contributed by atoms with van der Waals surface area (Å²) in [5.74, 6) is 0. The Kier molecular flexibility index (Phi) is 4.32. The van der Waals surface area contributed by atoms with E-state index in [4.69, 9.17) is 28.2 Å². The molecule has 106 valence electrons. The molecule has 0 aliphatic heterocycles. The standard InChI is InChI=1S/C15H16Cl2N2S/c1-2-18-11-7-4-8-12-14(11)20-15(19-12)13-9(16)5-3-6-10(13)17/h3,5-6,11,18H,2,4,7-8H2,1H3. The molecule has 2 aromatic rings. The van der Waals surface area contributed by atoms with E-state index in [1.807, 2.05) is 18.2 Å². The summed E-state index contributed by atoms with van der Waals surface area (Å²) in [6.07, 6.45) is 3.42. The number of nitrogens with zero attached hydrogens (tertiary/aromatic N) is 1. The van der Waals surface area contributed by atoms with Crippen molar-refractivity contribution in [3.05, 3.63) is 38.8 Å². The second-order valence-corrected chi connectivity index (χ2v) is 6.77. The van der Waals surface area contributed by atoms with Gasteiger partial charge >= 0.3 is 0 Å². The Labute approximate surface area is 133 Å². The molecule has 0 saturated heterocycles. The molecule has 0 spiro atoms. The van der Waals surface area contributed by atoms with E-state index < -0.39 is 0 Å². The molecule has 1 heterocycles. The van der Waals surface area contributed by atoms with Crippen LogP contribution in [0.4, 0.5) is 0 Å². The number of aryl methyl sites for hydroxylation is 1. The van der Waals surface area contributed by atoms with Crippen molar-refractivity contribution in [1.29, 1.82) is 0 Å². The van der Waals surface area contributed by atoms with Gasteiger partial charge in [0.1, 0.15) is 5.01 Å². The average molecular weight is 327 g/mol. The molecule has 1 aromatic carbocycles. The van der Waals surface area contributed by atoms with Crippen LogP contribution in [0.1, 0.15) is 36.4 Å². The highest BCUT2D eigenvalue weighted by Crippen LogP contribution is 2.42. The Morgan fingerprint density at radius 2 is 2.10 bits per heavy atom. The van der Waals surface area contributed by atoms with E-state index in [9.17, 15) is 0 Å². The molecule has 5 heteroatoms. The van der Waals surface area contributed by atoms with Crippen LogP contribution in [0, 0.1) is 0 Å². The number of benzene rings is 1. The second-order valence-electron chi connectivity index (χ2n) is 4.93. The van der Waals surface area contributed by atoms with Crippen molar-refractivity contribution < 1.29 is 0 Å². The molecule has 1 atom stereocenters. The minimum atomic E-state index is 0.427. The SMILES string of the molecule is CCNC1CCCc2nc(-c3c(Cl)cccc3Cl)sc21. The maximum atomic E-state index is 6.29. The predicted molar refractivity (Wildman–Crippen MR) is 86.9 cm³/mol. The predicted octanol–water partition coefficient (Wildman–Crippen LogP) is 5.10. The number of aromatic nitrogens is 1. The monoisotopic (exact) mass is 326 g/mol. The van der Waals surface area contributed by atoms with Crippen LogP contribution in [0.3, 0.4) is 0 Å². The van der Waals surface area contributed by atoms with Crippen LogP contribution >= 0.6 is 34.5 Å². The van der Waals surface area contributed by atoms with E-state index in [1.54, 1.807) is 11.3 Å². The van der Waals surface area contributed by atoms with Crippen molar-refractivity contribution >= 4 is 34.5 Å². The third-order valence-electron chi connectivity index (χ3n) is 3.58. The van der Waals surface area contributed by atoms with Gasteiger partial charge in [0.25, 0.3) is 0 Å². The summed E-state index contributed by atoms with van der Waals surface area (Å²) in [7, 11) is 0. The fourth-order valence-corrected chi connectivity index (χ4v) is 4.65. The molecule has 1 aliphatic rings. The van der Waals surface area contributed by atoms with Crippen LogP contribution < -0.4 is 5.32 Å². The molecule has 1 unspecified atom stereocenters. The summed E-state index contributed by atoms with van der Waals surface area (Å²) < 4.78 is 0. The maximum absolute atomic E-state index is 6.29. The van der Waals surface area contributed by atoms with Gasteiger partial charge in [-0.1, -0.05) is 36.2 Å². The first kappa shape index (κ1) is 14.3. The van der Waals surface area contributed by atoms with Crippen LogP contribution in [0.5, 0.6) is 0 Å². The zero-order valence-electron chi connectivity index (χ0n) is 11.2. The lowest BCUT2D eigenvalue weighted by atomic mass is 9.98. The highest BCUT2D eigenvalue weighted by atomic mass is 35.5. The molecule has 1 aliphatic carbocycles. The van der Waals surface area contributed by atoms with E-state index >= 15 is 0 Å². The van der Waals surface area contributed by atoms with E-state index in [0.717, 1.165) is 23.5 Å². The molecule has 0 bridgehead atoms. The van der Waals surface area contributed by atoms with Gasteiger partial charge in [-0.3, -0.25) is 0 Å². The van der Waals surface area contributed by atoms with Crippen LogP contribution in [0.25, 0.3) is 10.6 Å². The van der Waals surface area contributed by atoms with Crippen molar-refractivity contribution in [1.82, 2.24) is 10.3 Å². The first-order valence-electron chi connectivity index (χ1n) is 6.88. The summed E-state index contributed by atoms with van der Waals surface area (Å²) in [5.41, 5.74) is 2.07. The molecule has 0 amide bonds. The molecular formula is C15H16Cl2N2S. The number of hydrogen-bond donors (Lipinski definition) is 1. The number of fused-ring (bicyclic) bond motifs is 1. The van der Waals surface area contributed by atoms with Gasteiger partial charge in [-0.2, -0.15) is 0 Å². The fourth-order valence-electron chi connectivity index (χ4n) is 2.67. The number of nitrogens with one attached hydrogen (secondary N) is 1. The Morgan fingerprint density at radius 3 is 2.80 bits per heavy atom. The largest absolute Gasteiger partial charge is 0.309 e. The summed E-state index contributed by atoms with van der Waals surface area (Å²) >= 11 is 14.3. The molecule has 1 N–H and O–H groups in total. The number of hydrogen-bond acceptors (Lipinski definition) is 3. The van der Waals surface area contributed by atoms with Crippen molar-refractivity contribution in [2.24, 2.45) is 0 Å². The smallest absolute Gasteiger partial charge is 0.126 e. The van der Waals surface area contributed by atoms with Gasteiger partial charge < -0.3 is 5.32 Å². The van der Waals surface area contributed by atoms with Crippen molar-refractivity contribution in [3.8, 4) is 10.6 Å². The topological polar surface area (TPSA) is 24.9 Å². The molecule has 0 saturated carbocycles. The van der Waals surface area contributed by atoms with E-state index in [2.05, 4.69) is 12.2 Å². The highest BCUT2D eigenvalue weighted by molar-refractivity contribution is 7.15. The zero-order valence-corrected chi connectivity index (χ0v) is 13.6. The molecule has 20 heavy (non-hydrogen) atoms. The Bertz CT molecular complexity index is 604. The third-order valence-corrected chi connectivity index (χ3v) is 5.44. The van der Waals surface area contributed by atoms with E-state index in [0.29, 0.717) is 16.1 Å². The molecule has 0 fully saturated rings. The summed E-state index contributed by atoms with van der Waals surface area (Å²) in [6, 6.07) is 6.02. The number of thiazole rings is 1. The van der Waals surface area contributed by atoms with Gasteiger partial charge in [-0.15, -0.1) is 11.3 Å². The second kappa shape index (κ2) is 6.02. The van der Waals surface area contributed by atoms with Crippen LogP contribution in [-0.2, 0) is 6.42 Å². The van der Waals surface area contributed by atoms with Crippen LogP contribution in [0.15, 0.2) is 18.2 Å². The lowest BCUT2D eigenvalue weighted by Crippen LogP contribution is -2.23. The van der Waals surface area contributed by atoms with Gasteiger partial charge in [0.2, 0.25) is 0 Å². The van der Waals surface area contributed by atoms with Gasteiger partial charge in [-0.25, -0.2) is 4.98 Å².